The van der Waals surface area contributed by atoms with Crippen molar-refractivity contribution in [1.29, 1.82) is 0 Å². The number of hydrogen-bond donors (Lipinski definition) is 0. The highest BCUT2D eigenvalue weighted by atomic mass is 16.2. The van der Waals surface area contributed by atoms with Crippen LogP contribution in [0.25, 0.3) is 0 Å². The SMILES string of the molecule is CCCn1nc(C(=O)N2CCCC2Cc2ccccc2)ccc1=O. The summed E-state index contributed by atoms with van der Waals surface area (Å²) in [5.74, 6) is -0.0710. The molecule has 0 spiro atoms. The molecule has 5 heteroatoms. The van der Waals surface area contributed by atoms with Crippen LogP contribution in [0.3, 0.4) is 0 Å². The Kier molecular flexibility index (Phi) is 5.08. The largest absolute Gasteiger partial charge is 0.334 e. The number of aromatic nitrogens is 2. The Morgan fingerprint density at radius 3 is 2.75 bits per heavy atom. The van der Waals surface area contributed by atoms with Crippen molar-refractivity contribution < 1.29 is 4.79 Å². The topological polar surface area (TPSA) is 55.2 Å². The average Bonchev–Trinajstić information content (AvgIpc) is 3.05. The standard InChI is InChI=1S/C19H23N3O2/c1-2-12-22-18(23)11-10-17(20-22)19(24)21-13-6-9-16(21)14-15-7-4-3-5-8-15/h3-5,7-8,10-11,16H,2,6,9,12-14H2,1H3. The highest BCUT2D eigenvalue weighted by molar-refractivity contribution is 5.92. The Morgan fingerprint density at radius 2 is 2.00 bits per heavy atom. The lowest BCUT2D eigenvalue weighted by Gasteiger charge is -2.24. The molecule has 0 aliphatic carbocycles. The molecule has 2 aromatic rings. The fourth-order valence-electron chi connectivity index (χ4n) is 3.28. The molecule has 1 fully saturated rings. The summed E-state index contributed by atoms with van der Waals surface area (Å²) in [4.78, 5) is 26.6. The number of likely N-dealkylation sites (tertiary alicyclic amines) is 1. The summed E-state index contributed by atoms with van der Waals surface area (Å²) in [5, 5.41) is 4.26. The van der Waals surface area contributed by atoms with Gasteiger partial charge in [0, 0.05) is 25.2 Å². The molecule has 1 aliphatic heterocycles. The van der Waals surface area contributed by atoms with Gasteiger partial charge in [-0.15, -0.1) is 0 Å². The van der Waals surface area contributed by atoms with E-state index in [9.17, 15) is 9.59 Å². The van der Waals surface area contributed by atoms with Crippen LogP contribution in [0, 0.1) is 0 Å². The van der Waals surface area contributed by atoms with Gasteiger partial charge >= 0.3 is 0 Å². The molecule has 5 nitrogen and oxygen atoms in total. The molecule has 3 rings (SSSR count). The van der Waals surface area contributed by atoms with E-state index in [2.05, 4.69) is 17.2 Å². The molecule has 0 N–H and O–H groups in total. The van der Waals surface area contributed by atoms with Crippen LogP contribution >= 0.6 is 0 Å². The Labute approximate surface area is 141 Å². The van der Waals surface area contributed by atoms with Crippen LogP contribution in [0.2, 0.25) is 0 Å². The number of carbonyl (C=O) groups is 1. The zero-order valence-electron chi connectivity index (χ0n) is 14.0. The van der Waals surface area contributed by atoms with Gasteiger partial charge in [0.15, 0.2) is 0 Å². The van der Waals surface area contributed by atoms with Gasteiger partial charge in [-0.05, 0) is 37.3 Å². The molecular formula is C19H23N3O2. The van der Waals surface area contributed by atoms with Crippen LogP contribution in [-0.4, -0.2) is 33.2 Å². The zero-order valence-corrected chi connectivity index (χ0v) is 14.0. The van der Waals surface area contributed by atoms with Crippen LogP contribution < -0.4 is 5.56 Å². The number of benzene rings is 1. The van der Waals surface area contributed by atoms with Crippen LogP contribution in [0.1, 0.15) is 42.2 Å². The van der Waals surface area contributed by atoms with E-state index in [1.54, 1.807) is 6.07 Å². The van der Waals surface area contributed by atoms with Gasteiger partial charge in [-0.25, -0.2) is 4.68 Å². The van der Waals surface area contributed by atoms with Gasteiger partial charge in [0.05, 0.1) is 0 Å². The summed E-state index contributed by atoms with van der Waals surface area (Å²) in [6, 6.07) is 13.4. The molecule has 2 heterocycles. The first-order valence-corrected chi connectivity index (χ1v) is 8.62. The molecule has 1 aromatic carbocycles. The van der Waals surface area contributed by atoms with Crippen LogP contribution in [-0.2, 0) is 13.0 Å². The monoisotopic (exact) mass is 325 g/mol. The number of nitrogens with zero attached hydrogens (tertiary/aromatic N) is 3. The van der Waals surface area contributed by atoms with Crippen molar-refractivity contribution in [2.75, 3.05) is 6.54 Å². The van der Waals surface area contributed by atoms with Gasteiger partial charge in [-0.2, -0.15) is 5.10 Å². The smallest absolute Gasteiger partial charge is 0.274 e. The van der Waals surface area contributed by atoms with Gasteiger partial charge in [0.2, 0.25) is 0 Å². The second kappa shape index (κ2) is 7.43. The molecule has 1 aliphatic rings. The van der Waals surface area contributed by atoms with Crippen molar-refractivity contribution in [3.05, 3.63) is 64.1 Å². The van der Waals surface area contributed by atoms with E-state index >= 15 is 0 Å². The molecule has 24 heavy (non-hydrogen) atoms. The van der Waals surface area contributed by atoms with Gasteiger partial charge in [-0.1, -0.05) is 37.3 Å². The summed E-state index contributed by atoms with van der Waals surface area (Å²) in [6.45, 7) is 3.28. The van der Waals surface area contributed by atoms with Crippen molar-refractivity contribution in [2.24, 2.45) is 0 Å². The molecule has 0 saturated carbocycles. The molecule has 1 atom stereocenters. The molecular weight excluding hydrogens is 302 g/mol. The summed E-state index contributed by atoms with van der Waals surface area (Å²) >= 11 is 0. The Balaban J connectivity index is 1.78. The Morgan fingerprint density at radius 1 is 1.21 bits per heavy atom. The highest BCUT2D eigenvalue weighted by Gasteiger charge is 2.30. The first-order valence-electron chi connectivity index (χ1n) is 8.62. The maximum Gasteiger partial charge on any atom is 0.274 e. The third-order valence-electron chi connectivity index (χ3n) is 4.47. The molecule has 1 amide bonds. The number of aryl methyl sites for hydroxylation is 1. The minimum atomic E-state index is -0.157. The third kappa shape index (κ3) is 3.55. The lowest BCUT2D eigenvalue weighted by atomic mass is 10.0. The zero-order chi connectivity index (χ0) is 16.9. The average molecular weight is 325 g/mol. The quantitative estimate of drug-likeness (QED) is 0.849. The van der Waals surface area contributed by atoms with Gasteiger partial charge < -0.3 is 4.90 Å². The normalized spacial score (nSPS) is 17.2. The minimum absolute atomic E-state index is 0.0710. The van der Waals surface area contributed by atoms with Crippen molar-refractivity contribution in [2.45, 2.75) is 45.2 Å². The maximum absolute atomic E-state index is 12.9. The summed E-state index contributed by atoms with van der Waals surface area (Å²) in [6.07, 6.45) is 3.69. The number of amides is 1. The highest BCUT2D eigenvalue weighted by Crippen LogP contribution is 2.22. The predicted octanol–water partition coefficient (Wildman–Crippen LogP) is 2.50. The lowest BCUT2D eigenvalue weighted by molar-refractivity contribution is 0.0727. The van der Waals surface area contributed by atoms with Crippen LogP contribution in [0.4, 0.5) is 0 Å². The molecule has 1 aromatic heterocycles. The summed E-state index contributed by atoms with van der Waals surface area (Å²) in [5.41, 5.74) is 1.45. The van der Waals surface area contributed by atoms with Crippen molar-refractivity contribution in [1.82, 2.24) is 14.7 Å². The fourth-order valence-corrected chi connectivity index (χ4v) is 3.28. The van der Waals surface area contributed by atoms with E-state index in [-0.39, 0.29) is 17.5 Å². The lowest BCUT2D eigenvalue weighted by Crippen LogP contribution is -2.38. The number of rotatable bonds is 5. The Hall–Kier alpha value is -2.43. The number of carbonyl (C=O) groups excluding carboxylic acids is 1. The molecule has 0 radical (unpaired) electrons. The van der Waals surface area contributed by atoms with Gasteiger partial charge in [0.1, 0.15) is 5.69 Å². The number of hydrogen-bond acceptors (Lipinski definition) is 3. The molecule has 1 unspecified atom stereocenters. The third-order valence-corrected chi connectivity index (χ3v) is 4.47. The molecule has 1 saturated heterocycles. The summed E-state index contributed by atoms with van der Waals surface area (Å²) < 4.78 is 1.38. The van der Waals surface area contributed by atoms with Gasteiger partial charge in [0.25, 0.3) is 11.5 Å². The van der Waals surface area contributed by atoms with E-state index in [1.807, 2.05) is 30.0 Å². The first-order chi connectivity index (χ1) is 11.7. The summed E-state index contributed by atoms with van der Waals surface area (Å²) in [7, 11) is 0. The van der Waals surface area contributed by atoms with E-state index in [4.69, 9.17) is 0 Å². The maximum atomic E-state index is 12.9. The van der Waals surface area contributed by atoms with Gasteiger partial charge in [-0.3, -0.25) is 9.59 Å². The van der Waals surface area contributed by atoms with E-state index in [1.165, 1.54) is 16.3 Å². The second-order valence-electron chi connectivity index (χ2n) is 6.26. The van der Waals surface area contributed by atoms with Crippen molar-refractivity contribution in [3.63, 3.8) is 0 Å². The minimum Gasteiger partial charge on any atom is -0.334 e. The first kappa shape index (κ1) is 16.4. The molecule has 0 bridgehead atoms. The van der Waals surface area contributed by atoms with Crippen molar-refractivity contribution in [3.8, 4) is 0 Å². The molecule has 126 valence electrons. The van der Waals surface area contributed by atoms with E-state index in [0.717, 1.165) is 32.2 Å². The van der Waals surface area contributed by atoms with Crippen molar-refractivity contribution >= 4 is 5.91 Å². The Bertz CT molecular complexity index is 755. The van der Waals surface area contributed by atoms with Crippen LogP contribution in [0.15, 0.2) is 47.3 Å². The van der Waals surface area contributed by atoms with E-state index in [0.29, 0.717) is 12.2 Å². The second-order valence-corrected chi connectivity index (χ2v) is 6.26. The predicted molar refractivity (Wildman–Crippen MR) is 93.0 cm³/mol. The fraction of sp³-hybridized carbons (Fsp3) is 0.421. The van der Waals surface area contributed by atoms with E-state index < -0.39 is 0 Å². The van der Waals surface area contributed by atoms with Crippen LogP contribution in [0.5, 0.6) is 0 Å².